The fraction of sp³-hybridized carbons (Fsp3) is 0.0476. The van der Waals surface area contributed by atoms with Crippen molar-refractivity contribution in [3.63, 3.8) is 0 Å². The highest BCUT2D eigenvalue weighted by Crippen LogP contribution is 2.36. The molecule has 0 saturated carbocycles. The molecule has 0 radical (unpaired) electrons. The number of carbonyl (C=O) groups excluding carboxylic acids is 1. The first kappa shape index (κ1) is 19.9. The predicted molar refractivity (Wildman–Crippen MR) is 99.4 cm³/mol. The summed E-state index contributed by atoms with van der Waals surface area (Å²) in [7, 11) is 0. The van der Waals surface area contributed by atoms with Gasteiger partial charge in [0.15, 0.2) is 0 Å². The molecular formula is C21H14F3NO4. The molecule has 0 aliphatic heterocycles. The van der Waals surface area contributed by atoms with Gasteiger partial charge in [0.25, 0.3) is 5.91 Å². The number of nitrogens with zero attached hydrogens (tertiary/aromatic N) is 1. The van der Waals surface area contributed by atoms with Crippen molar-refractivity contribution in [1.29, 1.82) is 0 Å². The van der Waals surface area contributed by atoms with E-state index in [9.17, 15) is 33.0 Å². The molecule has 0 aliphatic rings. The molecule has 148 valence electrons. The van der Waals surface area contributed by atoms with Gasteiger partial charge in [0.2, 0.25) is 0 Å². The molecule has 0 aromatic heterocycles. The molecule has 8 heteroatoms. The average molecular weight is 401 g/mol. The molecule has 0 spiro atoms. The first-order chi connectivity index (χ1) is 13.7. The second-order valence-electron chi connectivity index (χ2n) is 6.06. The maximum absolute atomic E-state index is 13.1. The molecule has 0 heterocycles. The zero-order valence-electron chi connectivity index (χ0n) is 14.7. The van der Waals surface area contributed by atoms with Crippen LogP contribution in [-0.4, -0.2) is 22.1 Å². The number of benzene rings is 3. The molecule has 3 aromatic rings. The van der Waals surface area contributed by atoms with E-state index < -0.39 is 29.2 Å². The molecule has 0 atom stereocenters. The van der Waals surface area contributed by atoms with Gasteiger partial charge in [0.1, 0.15) is 5.75 Å². The molecular weight excluding hydrogens is 387 g/mol. The molecule has 29 heavy (non-hydrogen) atoms. The molecule has 2 N–H and O–H groups in total. The maximum atomic E-state index is 13.1. The van der Waals surface area contributed by atoms with E-state index in [1.54, 1.807) is 18.2 Å². The lowest BCUT2D eigenvalue weighted by Gasteiger charge is -2.25. The summed E-state index contributed by atoms with van der Waals surface area (Å²) in [5, 5.41) is 19.0. The predicted octanol–water partition coefficient (Wildman–Crippen LogP) is 5.09. The largest absolute Gasteiger partial charge is 0.508 e. The maximum Gasteiger partial charge on any atom is 0.416 e. The molecule has 5 nitrogen and oxygen atoms in total. The number of aromatic hydroxyl groups is 1. The Morgan fingerprint density at radius 2 is 1.48 bits per heavy atom. The zero-order valence-corrected chi connectivity index (χ0v) is 14.7. The minimum absolute atomic E-state index is 0.0910. The zero-order chi connectivity index (χ0) is 21.2. The fourth-order valence-corrected chi connectivity index (χ4v) is 2.76. The van der Waals surface area contributed by atoms with Gasteiger partial charge in [-0.15, -0.1) is 0 Å². The van der Waals surface area contributed by atoms with Gasteiger partial charge < -0.3 is 10.2 Å². The molecule has 0 unspecified atom stereocenters. The minimum atomic E-state index is -4.74. The van der Waals surface area contributed by atoms with E-state index >= 15 is 0 Å². The monoisotopic (exact) mass is 401 g/mol. The van der Waals surface area contributed by atoms with Crippen molar-refractivity contribution >= 4 is 23.3 Å². The van der Waals surface area contributed by atoms with Crippen LogP contribution in [0, 0.1) is 0 Å². The van der Waals surface area contributed by atoms with Crippen molar-refractivity contribution in [1.82, 2.24) is 0 Å². The quantitative estimate of drug-likeness (QED) is 0.639. The van der Waals surface area contributed by atoms with Gasteiger partial charge >= 0.3 is 12.1 Å². The van der Waals surface area contributed by atoms with Crippen LogP contribution in [0.25, 0.3) is 0 Å². The van der Waals surface area contributed by atoms with Gasteiger partial charge in [-0.1, -0.05) is 18.2 Å². The first-order valence-electron chi connectivity index (χ1n) is 8.31. The van der Waals surface area contributed by atoms with Gasteiger partial charge in [-0.3, -0.25) is 9.69 Å². The summed E-state index contributed by atoms with van der Waals surface area (Å²) in [4.78, 5) is 25.8. The van der Waals surface area contributed by atoms with Crippen molar-refractivity contribution in [3.05, 3.63) is 89.5 Å². The third-order valence-electron chi connectivity index (χ3n) is 4.13. The minimum Gasteiger partial charge on any atom is -0.508 e. The van der Waals surface area contributed by atoms with Crippen LogP contribution in [0.2, 0.25) is 0 Å². The van der Waals surface area contributed by atoms with Crippen LogP contribution in [0.4, 0.5) is 24.5 Å². The SMILES string of the molecule is O=C(O)c1cc(C(F)(F)F)ccc1N(C(=O)c1ccccc1)c1ccc(O)cc1. The number of halogens is 3. The van der Waals surface area contributed by atoms with E-state index in [4.69, 9.17) is 0 Å². The normalized spacial score (nSPS) is 11.1. The second kappa shape index (κ2) is 7.67. The lowest BCUT2D eigenvalue weighted by molar-refractivity contribution is -0.137. The number of amides is 1. The Bertz CT molecular complexity index is 1050. The van der Waals surface area contributed by atoms with Gasteiger partial charge in [-0.05, 0) is 54.6 Å². The van der Waals surface area contributed by atoms with E-state index in [1.807, 2.05) is 0 Å². The number of aromatic carboxylic acids is 1. The average Bonchev–Trinajstić information content (AvgIpc) is 2.69. The standard InChI is InChI=1S/C21H14F3NO4/c22-21(23,24)14-6-11-18(17(12-14)20(28)29)25(15-7-9-16(26)10-8-15)19(27)13-4-2-1-3-5-13/h1-12,26H,(H,28,29). The molecule has 1 amide bonds. The fourth-order valence-electron chi connectivity index (χ4n) is 2.76. The number of phenols is 1. The van der Waals surface area contributed by atoms with E-state index in [-0.39, 0.29) is 22.7 Å². The van der Waals surface area contributed by atoms with Crippen LogP contribution in [0.3, 0.4) is 0 Å². The van der Waals surface area contributed by atoms with E-state index in [2.05, 4.69) is 0 Å². The molecule has 0 aliphatic carbocycles. The summed E-state index contributed by atoms with van der Waals surface area (Å²) in [5.41, 5.74) is -1.67. The van der Waals surface area contributed by atoms with Gasteiger partial charge in [-0.25, -0.2) is 4.79 Å². The molecule has 0 saturated heterocycles. The number of hydrogen-bond donors (Lipinski definition) is 2. The van der Waals surface area contributed by atoms with E-state index in [0.717, 1.165) is 11.0 Å². The third kappa shape index (κ3) is 4.21. The first-order valence-corrected chi connectivity index (χ1v) is 8.31. The lowest BCUT2D eigenvalue weighted by Crippen LogP contribution is -2.28. The van der Waals surface area contributed by atoms with Crippen molar-refractivity contribution < 1.29 is 33.0 Å². The number of alkyl halides is 3. The Kier molecular flexibility index (Phi) is 5.27. The summed E-state index contributed by atoms with van der Waals surface area (Å²) >= 11 is 0. The smallest absolute Gasteiger partial charge is 0.416 e. The van der Waals surface area contributed by atoms with Crippen molar-refractivity contribution in [2.75, 3.05) is 4.90 Å². The van der Waals surface area contributed by atoms with Crippen molar-refractivity contribution in [3.8, 4) is 5.75 Å². The van der Waals surface area contributed by atoms with Crippen molar-refractivity contribution in [2.24, 2.45) is 0 Å². The molecule has 0 fully saturated rings. The third-order valence-corrected chi connectivity index (χ3v) is 4.13. The number of phenolic OH excluding ortho intramolecular Hbond substituents is 1. The van der Waals surface area contributed by atoms with Crippen molar-refractivity contribution in [2.45, 2.75) is 6.18 Å². The number of hydrogen-bond acceptors (Lipinski definition) is 3. The van der Waals surface area contributed by atoms with E-state index in [1.165, 1.54) is 36.4 Å². The lowest BCUT2D eigenvalue weighted by atomic mass is 10.0. The van der Waals surface area contributed by atoms with Crippen LogP contribution >= 0.6 is 0 Å². The Balaban J connectivity index is 2.22. The van der Waals surface area contributed by atoms with Crippen LogP contribution < -0.4 is 4.90 Å². The summed E-state index contributed by atoms with van der Waals surface area (Å²) in [6, 6.07) is 15.3. The highest BCUT2D eigenvalue weighted by atomic mass is 19.4. The summed E-state index contributed by atoms with van der Waals surface area (Å²) in [5.74, 6) is -2.35. The molecule has 3 aromatic carbocycles. The topological polar surface area (TPSA) is 77.8 Å². The van der Waals surface area contributed by atoms with E-state index in [0.29, 0.717) is 12.1 Å². The van der Waals surface area contributed by atoms with Crippen LogP contribution in [0.1, 0.15) is 26.3 Å². The van der Waals surface area contributed by atoms with Gasteiger partial charge in [0.05, 0.1) is 16.8 Å². The molecule has 0 bridgehead atoms. The highest BCUT2D eigenvalue weighted by Gasteiger charge is 2.33. The Hall–Kier alpha value is -3.81. The Morgan fingerprint density at radius 3 is 2.03 bits per heavy atom. The number of carbonyl (C=O) groups is 2. The summed E-state index contributed by atoms with van der Waals surface area (Å²) < 4.78 is 39.2. The number of carboxylic acid groups (broad SMARTS) is 1. The number of anilines is 2. The summed E-state index contributed by atoms with van der Waals surface area (Å²) in [6.45, 7) is 0. The Labute approximate surface area is 163 Å². The number of carboxylic acids is 1. The van der Waals surface area contributed by atoms with Gasteiger partial charge in [0, 0.05) is 11.3 Å². The summed E-state index contributed by atoms with van der Waals surface area (Å²) in [6.07, 6.45) is -4.74. The van der Waals surface area contributed by atoms with Gasteiger partial charge in [-0.2, -0.15) is 13.2 Å². The second-order valence-corrected chi connectivity index (χ2v) is 6.06. The highest BCUT2D eigenvalue weighted by molar-refractivity contribution is 6.13. The van der Waals surface area contributed by atoms with Crippen LogP contribution in [0.5, 0.6) is 5.75 Å². The Morgan fingerprint density at radius 1 is 0.862 bits per heavy atom. The number of rotatable bonds is 4. The van der Waals surface area contributed by atoms with Crippen LogP contribution in [-0.2, 0) is 6.18 Å². The van der Waals surface area contributed by atoms with Crippen LogP contribution in [0.15, 0.2) is 72.8 Å². The molecule has 3 rings (SSSR count).